The zero-order chi connectivity index (χ0) is 22.5. The van der Waals surface area contributed by atoms with Crippen LogP contribution in [0.25, 0.3) is 11.0 Å². The van der Waals surface area contributed by atoms with Crippen molar-refractivity contribution in [1.82, 2.24) is 19.5 Å². The van der Waals surface area contributed by atoms with Crippen molar-refractivity contribution in [2.24, 2.45) is 5.92 Å². The highest BCUT2D eigenvalue weighted by molar-refractivity contribution is 5.81. The van der Waals surface area contributed by atoms with Crippen molar-refractivity contribution in [2.75, 3.05) is 36.5 Å². The number of Topliss-reactive ketones (excluding diaryl/α,β-unsaturated/α-hetero) is 1. The first-order chi connectivity index (χ1) is 16.3. The maximum absolute atomic E-state index is 12.3. The van der Waals surface area contributed by atoms with E-state index in [1.54, 1.807) is 0 Å². The highest BCUT2D eigenvalue weighted by Gasteiger charge is 2.21. The molecule has 0 atom stereocenters. The molecule has 3 aromatic heterocycles. The Morgan fingerprint density at radius 1 is 1.06 bits per heavy atom. The number of carbonyl (C=O) groups excluding carboxylic acids is 1. The van der Waals surface area contributed by atoms with E-state index in [4.69, 9.17) is 9.72 Å². The predicted molar refractivity (Wildman–Crippen MR) is 129 cm³/mol. The number of rotatable bonds is 9. The normalized spacial score (nSPS) is 17.0. The van der Waals surface area contributed by atoms with Crippen molar-refractivity contribution in [1.29, 1.82) is 0 Å². The van der Waals surface area contributed by atoms with Gasteiger partial charge in [0.2, 0.25) is 5.95 Å². The molecule has 1 saturated carbocycles. The smallest absolute Gasteiger partial charge is 0.229 e. The summed E-state index contributed by atoms with van der Waals surface area (Å²) in [7, 11) is 0. The molecule has 5 rings (SSSR count). The Kier molecular flexibility index (Phi) is 6.81. The van der Waals surface area contributed by atoms with Crippen LogP contribution < -0.4 is 10.2 Å². The fraction of sp³-hybridized carbons (Fsp3) is 0.520. The average molecular weight is 449 g/mol. The standard InChI is InChI=1S/C25H32N6O2/c32-22(19-5-1-2-6-19)7-3-4-11-31-12-10-20-17-27-25(29-24(20)31)28-21-8-9-23(26-18-21)30-13-15-33-16-14-30/h8-10,12,17-19H,1-7,11,13-16H2,(H,27,28,29). The summed E-state index contributed by atoms with van der Waals surface area (Å²) < 4.78 is 7.56. The fourth-order valence-electron chi connectivity index (χ4n) is 4.81. The molecular formula is C25H32N6O2. The van der Waals surface area contributed by atoms with Crippen molar-refractivity contribution >= 4 is 34.3 Å². The van der Waals surface area contributed by atoms with Crippen LogP contribution in [0.4, 0.5) is 17.5 Å². The van der Waals surface area contributed by atoms with Crippen LogP contribution in [0.2, 0.25) is 0 Å². The third-order valence-corrected chi connectivity index (χ3v) is 6.72. The number of ketones is 1. The third kappa shape index (κ3) is 5.33. The molecule has 0 spiro atoms. The second kappa shape index (κ2) is 10.3. The predicted octanol–water partition coefficient (Wildman–Crippen LogP) is 4.34. The molecule has 1 saturated heterocycles. The lowest BCUT2D eigenvalue weighted by molar-refractivity contribution is -0.122. The summed E-state index contributed by atoms with van der Waals surface area (Å²) in [5.41, 5.74) is 1.77. The Morgan fingerprint density at radius 3 is 2.70 bits per heavy atom. The molecule has 174 valence electrons. The number of aromatic nitrogens is 4. The third-order valence-electron chi connectivity index (χ3n) is 6.72. The van der Waals surface area contributed by atoms with E-state index in [1.807, 2.05) is 30.6 Å². The van der Waals surface area contributed by atoms with E-state index >= 15 is 0 Å². The zero-order valence-corrected chi connectivity index (χ0v) is 19.1. The van der Waals surface area contributed by atoms with Crippen molar-refractivity contribution in [2.45, 2.75) is 51.5 Å². The molecule has 2 fully saturated rings. The van der Waals surface area contributed by atoms with Gasteiger partial charge in [0, 0.05) is 49.8 Å². The lowest BCUT2D eigenvalue weighted by atomic mass is 9.98. The average Bonchev–Trinajstić information content (AvgIpc) is 3.53. The van der Waals surface area contributed by atoms with E-state index in [0.29, 0.717) is 24.1 Å². The molecule has 0 unspecified atom stereocenters. The van der Waals surface area contributed by atoms with E-state index in [9.17, 15) is 4.79 Å². The molecule has 1 aliphatic carbocycles. The van der Waals surface area contributed by atoms with Gasteiger partial charge in [-0.15, -0.1) is 0 Å². The highest BCUT2D eigenvalue weighted by Crippen LogP contribution is 2.27. The Labute approximate surface area is 194 Å². The van der Waals surface area contributed by atoms with E-state index in [0.717, 1.165) is 81.1 Å². The maximum atomic E-state index is 12.3. The Bertz CT molecular complexity index is 1070. The Morgan fingerprint density at radius 2 is 1.91 bits per heavy atom. The molecule has 1 N–H and O–H groups in total. The van der Waals surface area contributed by atoms with Gasteiger partial charge in [-0.1, -0.05) is 12.8 Å². The number of ether oxygens (including phenoxy) is 1. The van der Waals surface area contributed by atoms with E-state index in [2.05, 4.69) is 30.9 Å². The largest absolute Gasteiger partial charge is 0.378 e. The number of anilines is 3. The van der Waals surface area contributed by atoms with Crippen LogP contribution in [0.15, 0.2) is 36.8 Å². The minimum atomic E-state index is 0.330. The van der Waals surface area contributed by atoms with Gasteiger partial charge in [-0.05, 0) is 43.9 Å². The second-order valence-electron chi connectivity index (χ2n) is 9.02. The van der Waals surface area contributed by atoms with Gasteiger partial charge in [0.15, 0.2) is 0 Å². The second-order valence-corrected chi connectivity index (χ2v) is 9.02. The summed E-state index contributed by atoms with van der Waals surface area (Å²) in [5, 5.41) is 4.29. The SMILES string of the molecule is O=C(CCCCn1ccc2cnc(Nc3ccc(N4CCOCC4)nc3)nc21)C1CCCC1. The van der Waals surface area contributed by atoms with Crippen LogP contribution in [0.1, 0.15) is 44.9 Å². The van der Waals surface area contributed by atoms with Gasteiger partial charge in [-0.2, -0.15) is 4.98 Å². The van der Waals surface area contributed by atoms with Gasteiger partial charge in [-0.3, -0.25) is 4.79 Å². The first-order valence-electron chi connectivity index (χ1n) is 12.2. The van der Waals surface area contributed by atoms with Gasteiger partial charge in [0.05, 0.1) is 25.1 Å². The molecule has 3 aromatic rings. The quantitative estimate of drug-likeness (QED) is 0.488. The van der Waals surface area contributed by atoms with Crippen molar-refractivity contribution in [3.8, 4) is 0 Å². The zero-order valence-electron chi connectivity index (χ0n) is 19.1. The number of morpholine rings is 1. The Hall–Kier alpha value is -3.00. The minimum Gasteiger partial charge on any atom is -0.378 e. The summed E-state index contributed by atoms with van der Waals surface area (Å²) in [6.45, 7) is 4.07. The number of nitrogens with one attached hydrogen (secondary N) is 1. The van der Waals surface area contributed by atoms with Gasteiger partial charge in [0.25, 0.3) is 0 Å². The molecule has 33 heavy (non-hydrogen) atoms. The van der Waals surface area contributed by atoms with Crippen LogP contribution in [-0.2, 0) is 16.1 Å². The van der Waals surface area contributed by atoms with Crippen LogP contribution in [0, 0.1) is 5.92 Å². The first kappa shape index (κ1) is 21.8. The number of unbranched alkanes of at least 4 members (excludes halogenated alkanes) is 1. The molecule has 0 radical (unpaired) electrons. The van der Waals surface area contributed by atoms with Crippen LogP contribution in [0.5, 0.6) is 0 Å². The number of nitrogens with zero attached hydrogens (tertiary/aromatic N) is 5. The van der Waals surface area contributed by atoms with E-state index in [1.165, 1.54) is 12.8 Å². The minimum absolute atomic E-state index is 0.330. The van der Waals surface area contributed by atoms with Gasteiger partial charge >= 0.3 is 0 Å². The Balaban J connectivity index is 1.17. The van der Waals surface area contributed by atoms with Crippen molar-refractivity contribution in [3.63, 3.8) is 0 Å². The molecule has 0 bridgehead atoms. The van der Waals surface area contributed by atoms with Crippen molar-refractivity contribution in [3.05, 3.63) is 36.8 Å². The molecule has 0 amide bonds. The molecule has 2 aliphatic rings. The van der Waals surface area contributed by atoms with Crippen molar-refractivity contribution < 1.29 is 9.53 Å². The summed E-state index contributed by atoms with van der Waals surface area (Å²) in [5.74, 6) is 2.31. The van der Waals surface area contributed by atoms with E-state index in [-0.39, 0.29) is 0 Å². The van der Waals surface area contributed by atoms with Crippen LogP contribution >= 0.6 is 0 Å². The number of hydrogen-bond donors (Lipinski definition) is 1. The monoisotopic (exact) mass is 448 g/mol. The highest BCUT2D eigenvalue weighted by atomic mass is 16.5. The number of pyridine rings is 1. The summed E-state index contributed by atoms with van der Waals surface area (Å²) >= 11 is 0. The lowest BCUT2D eigenvalue weighted by Crippen LogP contribution is -2.36. The summed E-state index contributed by atoms with van der Waals surface area (Å²) in [6.07, 6.45) is 13.0. The van der Waals surface area contributed by atoms with E-state index < -0.39 is 0 Å². The summed E-state index contributed by atoms with van der Waals surface area (Å²) in [6, 6.07) is 6.06. The number of fused-ring (bicyclic) bond motifs is 1. The molecule has 8 nitrogen and oxygen atoms in total. The van der Waals surface area contributed by atoms with Crippen LogP contribution in [-0.4, -0.2) is 51.6 Å². The maximum Gasteiger partial charge on any atom is 0.229 e. The van der Waals surface area contributed by atoms with Gasteiger partial charge in [-0.25, -0.2) is 9.97 Å². The molecule has 0 aromatic carbocycles. The van der Waals surface area contributed by atoms with Gasteiger partial charge in [0.1, 0.15) is 17.2 Å². The molecular weight excluding hydrogens is 416 g/mol. The first-order valence-corrected chi connectivity index (χ1v) is 12.2. The number of aryl methyl sites for hydroxylation is 1. The summed E-state index contributed by atoms with van der Waals surface area (Å²) in [4.78, 5) is 28.3. The van der Waals surface area contributed by atoms with Crippen LogP contribution in [0.3, 0.4) is 0 Å². The lowest BCUT2D eigenvalue weighted by Gasteiger charge is -2.27. The molecule has 4 heterocycles. The van der Waals surface area contributed by atoms with Gasteiger partial charge < -0.3 is 19.5 Å². The number of carbonyl (C=O) groups is 1. The molecule has 8 heteroatoms. The number of hydrogen-bond acceptors (Lipinski definition) is 7. The fourth-order valence-corrected chi connectivity index (χ4v) is 4.81. The topological polar surface area (TPSA) is 85.2 Å². The molecule has 1 aliphatic heterocycles.